The number of ether oxygens (including phenoxy) is 1. The molecule has 1 aliphatic rings. The summed E-state index contributed by atoms with van der Waals surface area (Å²) in [6.45, 7) is 0.859. The summed E-state index contributed by atoms with van der Waals surface area (Å²) in [6.07, 6.45) is 5.72. The van der Waals surface area contributed by atoms with Gasteiger partial charge in [0.05, 0.1) is 5.52 Å². The van der Waals surface area contributed by atoms with Crippen molar-refractivity contribution in [3.63, 3.8) is 0 Å². The molecule has 84 valence electrons. The first-order chi connectivity index (χ1) is 7.84. The number of benzene rings is 1. The first kappa shape index (κ1) is 10.5. The second-order valence-corrected chi connectivity index (χ2v) is 5.27. The van der Waals surface area contributed by atoms with Gasteiger partial charge in [-0.3, -0.25) is 0 Å². The minimum absolute atomic E-state index is 0.136. The first-order valence-electron chi connectivity index (χ1n) is 5.59. The molecule has 1 aromatic heterocycles. The number of aromatic nitrogens is 2. The average molecular weight is 328 g/mol. The number of nitrogens with zero attached hydrogens (tertiary/aromatic N) is 2. The second-order valence-electron chi connectivity index (χ2n) is 4.10. The highest BCUT2D eigenvalue weighted by molar-refractivity contribution is 14.1. The molecule has 3 nitrogen and oxygen atoms in total. The van der Waals surface area contributed by atoms with Crippen molar-refractivity contribution in [3.05, 3.63) is 28.0 Å². The molecule has 1 aromatic carbocycles. The van der Waals surface area contributed by atoms with E-state index < -0.39 is 0 Å². The highest BCUT2D eigenvalue weighted by atomic mass is 127. The third kappa shape index (κ3) is 1.84. The molecule has 1 fully saturated rings. The predicted octanol–water partition coefficient (Wildman–Crippen LogP) is 3.34. The quantitative estimate of drug-likeness (QED) is 0.751. The van der Waals surface area contributed by atoms with Crippen LogP contribution in [0.4, 0.5) is 0 Å². The van der Waals surface area contributed by atoms with Gasteiger partial charge in [-0.25, -0.2) is 4.68 Å². The molecular formula is C12H13IN2O. The van der Waals surface area contributed by atoms with E-state index >= 15 is 0 Å². The zero-order valence-corrected chi connectivity index (χ0v) is 11.1. The topological polar surface area (TPSA) is 27.1 Å². The molecule has 0 saturated carbocycles. The molecule has 0 unspecified atom stereocenters. The van der Waals surface area contributed by atoms with Gasteiger partial charge in [0.1, 0.15) is 6.23 Å². The maximum absolute atomic E-state index is 5.73. The number of rotatable bonds is 1. The average Bonchev–Trinajstić information content (AvgIpc) is 2.76. The summed E-state index contributed by atoms with van der Waals surface area (Å²) in [5.41, 5.74) is 1.06. The summed E-state index contributed by atoms with van der Waals surface area (Å²) in [4.78, 5) is 0. The Morgan fingerprint density at radius 2 is 2.31 bits per heavy atom. The standard InChI is InChI=1S/C12H13IN2O/c13-10-4-3-5-11-9(10)8-15(14-11)12-6-1-2-7-16-12/h3-5,8,12H,1-2,6-7H2/t12-/m0/s1. The molecule has 1 atom stereocenters. The monoisotopic (exact) mass is 328 g/mol. The zero-order valence-electron chi connectivity index (χ0n) is 8.90. The van der Waals surface area contributed by atoms with Gasteiger partial charge in [-0.2, -0.15) is 5.10 Å². The maximum Gasteiger partial charge on any atom is 0.150 e. The van der Waals surface area contributed by atoms with Crippen molar-refractivity contribution in [1.82, 2.24) is 9.78 Å². The van der Waals surface area contributed by atoms with E-state index in [2.05, 4.69) is 46.0 Å². The molecule has 0 amide bonds. The molecule has 0 radical (unpaired) electrons. The van der Waals surface area contributed by atoms with Crippen LogP contribution in [0.15, 0.2) is 24.4 Å². The van der Waals surface area contributed by atoms with Crippen molar-refractivity contribution in [1.29, 1.82) is 0 Å². The van der Waals surface area contributed by atoms with Gasteiger partial charge in [0, 0.05) is 21.8 Å². The fourth-order valence-electron chi connectivity index (χ4n) is 2.11. The Bertz CT molecular complexity index is 503. The molecule has 2 aromatic rings. The fourth-order valence-corrected chi connectivity index (χ4v) is 2.73. The smallest absolute Gasteiger partial charge is 0.150 e. The van der Waals surface area contributed by atoms with Crippen LogP contribution in [0.1, 0.15) is 25.5 Å². The largest absolute Gasteiger partial charge is 0.357 e. The van der Waals surface area contributed by atoms with Crippen LogP contribution in [0.3, 0.4) is 0 Å². The van der Waals surface area contributed by atoms with Crippen molar-refractivity contribution in [3.8, 4) is 0 Å². The van der Waals surface area contributed by atoms with E-state index in [0.717, 1.165) is 18.5 Å². The molecule has 2 heterocycles. The van der Waals surface area contributed by atoms with Crippen molar-refractivity contribution < 1.29 is 4.74 Å². The van der Waals surface area contributed by atoms with Crippen LogP contribution < -0.4 is 0 Å². The molecule has 0 spiro atoms. The molecule has 1 aliphatic heterocycles. The van der Waals surface area contributed by atoms with Gasteiger partial charge >= 0.3 is 0 Å². The Labute approximate surface area is 108 Å². The Kier molecular flexibility index (Phi) is 2.85. The van der Waals surface area contributed by atoms with Crippen molar-refractivity contribution in [2.75, 3.05) is 6.61 Å². The lowest BCUT2D eigenvalue weighted by Crippen LogP contribution is -2.18. The summed E-state index contributed by atoms with van der Waals surface area (Å²) < 4.78 is 8.96. The number of fused-ring (bicyclic) bond motifs is 1. The number of hydrogen-bond acceptors (Lipinski definition) is 2. The van der Waals surface area contributed by atoms with Gasteiger partial charge in [0.2, 0.25) is 0 Å². The molecule has 3 rings (SSSR count). The molecule has 0 bridgehead atoms. The first-order valence-corrected chi connectivity index (χ1v) is 6.67. The highest BCUT2D eigenvalue weighted by Gasteiger charge is 2.17. The lowest BCUT2D eigenvalue weighted by molar-refractivity contribution is -0.0390. The molecule has 16 heavy (non-hydrogen) atoms. The molecule has 0 aliphatic carbocycles. The van der Waals surface area contributed by atoms with Crippen molar-refractivity contribution in [2.24, 2.45) is 0 Å². The van der Waals surface area contributed by atoms with Crippen LogP contribution in [-0.2, 0) is 4.74 Å². The van der Waals surface area contributed by atoms with Gasteiger partial charge in [0.25, 0.3) is 0 Å². The van der Waals surface area contributed by atoms with Crippen LogP contribution in [0.25, 0.3) is 10.9 Å². The second kappa shape index (κ2) is 4.33. The fraction of sp³-hybridized carbons (Fsp3) is 0.417. The van der Waals surface area contributed by atoms with E-state index in [0.29, 0.717) is 0 Å². The lowest BCUT2D eigenvalue weighted by Gasteiger charge is -2.22. The third-order valence-corrected chi connectivity index (χ3v) is 3.91. The van der Waals surface area contributed by atoms with E-state index in [-0.39, 0.29) is 6.23 Å². The molecule has 4 heteroatoms. The Balaban J connectivity index is 2.01. The van der Waals surface area contributed by atoms with Gasteiger partial charge < -0.3 is 4.74 Å². The van der Waals surface area contributed by atoms with Gasteiger partial charge in [-0.1, -0.05) is 6.07 Å². The summed E-state index contributed by atoms with van der Waals surface area (Å²) in [6, 6.07) is 6.20. The van der Waals surface area contributed by atoms with Crippen LogP contribution in [0.5, 0.6) is 0 Å². The van der Waals surface area contributed by atoms with Gasteiger partial charge in [-0.05, 0) is 54.0 Å². The van der Waals surface area contributed by atoms with Crippen LogP contribution in [-0.4, -0.2) is 16.4 Å². The minimum atomic E-state index is 0.136. The zero-order chi connectivity index (χ0) is 11.0. The lowest BCUT2D eigenvalue weighted by atomic mass is 10.2. The van der Waals surface area contributed by atoms with Gasteiger partial charge in [-0.15, -0.1) is 0 Å². The third-order valence-electron chi connectivity index (χ3n) is 2.97. The highest BCUT2D eigenvalue weighted by Crippen LogP contribution is 2.25. The normalized spacial score (nSPS) is 21.4. The van der Waals surface area contributed by atoms with Crippen molar-refractivity contribution >= 4 is 33.5 Å². The Morgan fingerprint density at radius 1 is 1.38 bits per heavy atom. The maximum atomic E-state index is 5.73. The number of halogens is 1. The molecule has 1 saturated heterocycles. The summed E-state index contributed by atoms with van der Waals surface area (Å²) in [5.74, 6) is 0. The van der Waals surface area contributed by atoms with E-state index in [1.54, 1.807) is 0 Å². The molecular weight excluding hydrogens is 315 g/mol. The Hall–Kier alpha value is -0.620. The molecule has 0 N–H and O–H groups in total. The Morgan fingerprint density at radius 3 is 3.06 bits per heavy atom. The SMILES string of the molecule is Ic1cccc2nn([C@@H]3CCCCO3)cc12. The van der Waals surface area contributed by atoms with E-state index in [1.165, 1.54) is 21.8 Å². The van der Waals surface area contributed by atoms with Gasteiger partial charge in [0.15, 0.2) is 0 Å². The van der Waals surface area contributed by atoms with Crippen LogP contribution in [0, 0.1) is 3.57 Å². The summed E-state index contributed by atoms with van der Waals surface area (Å²) >= 11 is 2.35. The van der Waals surface area contributed by atoms with E-state index in [9.17, 15) is 0 Å². The predicted molar refractivity (Wildman–Crippen MR) is 71.3 cm³/mol. The van der Waals surface area contributed by atoms with Crippen molar-refractivity contribution in [2.45, 2.75) is 25.5 Å². The summed E-state index contributed by atoms with van der Waals surface area (Å²) in [7, 11) is 0. The summed E-state index contributed by atoms with van der Waals surface area (Å²) in [5, 5.41) is 5.80. The van der Waals surface area contributed by atoms with Crippen LogP contribution >= 0.6 is 22.6 Å². The van der Waals surface area contributed by atoms with Crippen LogP contribution in [0.2, 0.25) is 0 Å². The minimum Gasteiger partial charge on any atom is -0.357 e. The van der Waals surface area contributed by atoms with E-state index in [4.69, 9.17) is 4.74 Å². The van der Waals surface area contributed by atoms with E-state index in [1.807, 2.05) is 10.7 Å². The number of hydrogen-bond donors (Lipinski definition) is 0.